The zero-order chi connectivity index (χ0) is 28.3. The fourth-order valence-electron chi connectivity index (χ4n) is 4.58. The van der Waals surface area contributed by atoms with Crippen molar-refractivity contribution in [3.05, 3.63) is 88.2 Å². The summed E-state index contributed by atoms with van der Waals surface area (Å²) < 4.78 is 7.89. The van der Waals surface area contributed by atoms with E-state index in [0.29, 0.717) is 22.8 Å². The standard InChI is InChI=1S/C30H34ClN5O3/c1-17(2)39-25-12-11-23(28(33)37)26(27(25)31)22(15-34-30(38)19(4)32)14-20-7-9-21(10-8-20)24-16-36-13-5-6-18(3)29(36)35-24/h5-13,16-17,19,22H,14-15,32H2,1-4H3,(H2,33,37)(H,34,38). The molecule has 4 rings (SSSR count). The number of imidazole rings is 1. The fourth-order valence-corrected chi connectivity index (χ4v) is 4.95. The van der Waals surface area contributed by atoms with Crippen LogP contribution in [0.1, 0.15) is 53.7 Å². The number of carbonyl (C=O) groups excluding carboxylic acids is 2. The lowest BCUT2D eigenvalue weighted by molar-refractivity contribution is -0.122. The Balaban J connectivity index is 1.69. The zero-order valence-corrected chi connectivity index (χ0v) is 23.3. The van der Waals surface area contributed by atoms with Crippen LogP contribution in [0, 0.1) is 6.92 Å². The quantitative estimate of drug-likeness (QED) is 0.267. The second kappa shape index (κ2) is 11.9. The Morgan fingerprint density at radius 3 is 2.44 bits per heavy atom. The number of ether oxygens (including phenoxy) is 1. The van der Waals surface area contributed by atoms with Crippen molar-refractivity contribution in [2.75, 3.05) is 6.54 Å². The lowest BCUT2D eigenvalue weighted by Gasteiger charge is -2.24. The number of nitrogens with one attached hydrogen (secondary N) is 1. The highest BCUT2D eigenvalue weighted by Crippen LogP contribution is 2.38. The summed E-state index contributed by atoms with van der Waals surface area (Å²) in [5.74, 6) is -0.831. The number of primary amides is 1. The third-order valence-corrected chi connectivity index (χ3v) is 6.92. The first-order chi connectivity index (χ1) is 18.5. The maximum atomic E-state index is 12.4. The summed E-state index contributed by atoms with van der Waals surface area (Å²) in [7, 11) is 0. The van der Waals surface area contributed by atoms with Gasteiger partial charge in [0.05, 0.1) is 22.9 Å². The number of fused-ring (bicyclic) bond motifs is 1. The van der Waals surface area contributed by atoms with Crippen LogP contribution in [-0.2, 0) is 11.2 Å². The van der Waals surface area contributed by atoms with Gasteiger partial charge in [0.25, 0.3) is 0 Å². The highest BCUT2D eigenvalue weighted by molar-refractivity contribution is 6.33. The first-order valence-electron chi connectivity index (χ1n) is 12.9. The second-order valence-corrected chi connectivity index (χ2v) is 10.4. The van der Waals surface area contributed by atoms with Crippen molar-refractivity contribution in [2.24, 2.45) is 11.5 Å². The van der Waals surface area contributed by atoms with Crippen molar-refractivity contribution in [3.8, 4) is 17.0 Å². The third kappa shape index (κ3) is 6.41. The average Bonchev–Trinajstić information content (AvgIpc) is 3.33. The number of aromatic nitrogens is 2. The number of rotatable bonds is 10. The van der Waals surface area contributed by atoms with E-state index in [9.17, 15) is 9.59 Å². The highest BCUT2D eigenvalue weighted by Gasteiger charge is 2.26. The lowest BCUT2D eigenvalue weighted by Crippen LogP contribution is -2.40. The van der Waals surface area contributed by atoms with E-state index in [2.05, 4.69) is 5.32 Å². The van der Waals surface area contributed by atoms with E-state index in [1.807, 2.05) is 74.0 Å². The number of pyridine rings is 1. The minimum atomic E-state index is -0.680. The fraction of sp³-hybridized carbons (Fsp3) is 0.300. The van der Waals surface area contributed by atoms with Gasteiger partial charge in [0, 0.05) is 36.0 Å². The predicted octanol–water partition coefficient (Wildman–Crippen LogP) is 4.64. The Kier molecular flexibility index (Phi) is 8.57. The summed E-state index contributed by atoms with van der Waals surface area (Å²) in [5, 5.41) is 3.19. The maximum Gasteiger partial charge on any atom is 0.249 e. The summed E-state index contributed by atoms with van der Waals surface area (Å²) in [4.78, 5) is 29.6. The van der Waals surface area contributed by atoms with Crippen LogP contribution in [0.3, 0.4) is 0 Å². The topological polar surface area (TPSA) is 125 Å². The van der Waals surface area contributed by atoms with Gasteiger partial charge in [-0.2, -0.15) is 0 Å². The summed E-state index contributed by atoms with van der Waals surface area (Å²) in [6.07, 6.45) is 4.34. The van der Waals surface area contributed by atoms with E-state index in [0.717, 1.165) is 28.0 Å². The molecule has 204 valence electrons. The molecule has 2 aromatic carbocycles. The van der Waals surface area contributed by atoms with Gasteiger partial charge in [-0.05, 0) is 69.0 Å². The highest BCUT2D eigenvalue weighted by atomic mass is 35.5. The van der Waals surface area contributed by atoms with Crippen LogP contribution in [0.25, 0.3) is 16.9 Å². The van der Waals surface area contributed by atoms with Gasteiger partial charge in [-0.3, -0.25) is 9.59 Å². The number of benzene rings is 2. The van der Waals surface area contributed by atoms with Crippen LogP contribution >= 0.6 is 11.6 Å². The van der Waals surface area contributed by atoms with E-state index in [1.54, 1.807) is 19.1 Å². The van der Waals surface area contributed by atoms with Gasteiger partial charge in [0.1, 0.15) is 11.4 Å². The molecule has 9 heteroatoms. The summed E-state index contributed by atoms with van der Waals surface area (Å²) in [6, 6.07) is 14.7. The van der Waals surface area contributed by atoms with Crippen molar-refractivity contribution in [1.82, 2.24) is 14.7 Å². The number of hydrogen-bond donors (Lipinski definition) is 3. The Hall–Kier alpha value is -3.88. The van der Waals surface area contributed by atoms with Crippen molar-refractivity contribution >= 4 is 29.1 Å². The lowest BCUT2D eigenvalue weighted by atomic mass is 9.87. The third-order valence-electron chi connectivity index (χ3n) is 6.53. The minimum absolute atomic E-state index is 0.123. The van der Waals surface area contributed by atoms with Crippen LogP contribution in [0.5, 0.6) is 5.75 Å². The molecule has 5 N–H and O–H groups in total. The largest absolute Gasteiger partial charge is 0.489 e. The van der Waals surface area contributed by atoms with Crippen LogP contribution in [0.2, 0.25) is 5.02 Å². The molecule has 39 heavy (non-hydrogen) atoms. The average molecular weight is 548 g/mol. The molecule has 2 heterocycles. The number of amides is 2. The molecular weight excluding hydrogens is 514 g/mol. The molecule has 0 fully saturated rings. The van der Waals surface area contributed by atoms with Crippen LogP contribution in [0.15, 0.2) is 60.9 Å². The van der Waals surface area contributed by atoms with Crippen LogP contribution in [-0.4, -0.2) is 39.9 Å². The molecule has 0 aliphatic heterocycles. The molecule has 0 aliphatic rings. The molecule has 0 saturated carbocycles. The SMILES string of the molecule is Cc1cccn2cc(-c3ccc(CC(CNC(=O)C(C)N)c4c(C(N)=O)ccc(OC(C)C)c4Cl)cc3)nc12. The Morgan fingerprint density at radius 2 is 1.82 bits per heavy atom. The van der Waals surface area contributed by atoms with Crippen LogP contribution < -0.4 is 21.5 Å². The number of nitrogens with zero attached hydrogens (tertiary/aromatic N) is 2. The Morgan fingerprint density at radius 1 is 1.10 bits per heavy atom. The van der Waals surface area contributed by atoms with Crippen molar-refractivity contribution in [3.63, 3.8) is 0 Å². The monoisotopic (exact) mass is 547 g/mol. The normalized spacial score (nSPS) is 12.9. The van der Waals surface area contributed by atoms with Gasteiger partial charge in [-0.1, -0.05) is 41.9 Å². The van der Waals surface area contributed by atoms with Crippen molar-refractivity contribution in [1.29, 1.82) is 0 Å². The maximum absolute atomic E-state index is 12.4. The van der Waals surface area contributed by atoms with Gasteiger partial charge < -0.3 is 25.9 Å². The Labute approximate surface area is 233 Å². The first-order valence-corrected chi connectivity index (χ1v) is 13.3. The predicted molar refractivity (Wildman–Crippen MR) is 154 cm³/mol. The molecule has 4 aromatic rings. The van der Waals surface area contributed by atoms with Crippen LogP contribution in [0.4, 0.5) is 0 Å². The number of halogens is 1. The van der Waals surface area contributed by atoms with Gasteiger partial charge in [-0.25, -0.2) is 4.98 Å². The minimum Gasteiger partial charge on any atom is -0.489 e. The molecule has 2 atom stereocenters. The number of carbonyl (C=O) groups is 2. The molecule has 0 saturated heterocycles. The van der Waals surface area contributed by atoms with E-state index in [-0.39, 0.29) is 30.0 Å². The van der Waals surface area contributed by atoms with E-state index < -0.39 is 11.9 Å². The molecule has 2 amide bonds. The van der Waals surface area contributed by atoms with E-state index in [1.165, 1.54) is 0 Å². The molecule has 0 bridgehead atoms. The van der Waals surface area contributed by atoms with Gasteiger partial charge >= 0.3 is 0 Å². The molecule has 0 radical (unpaired) electrons. The number of hydrogen-bond acceptors (Lipinski definition) is 5. The molecule has 2 unspecified atom stereocenters. The number of aryl methyl sites for hydroxylation is 1. The smallest absolute Gasteiger partial charge is 0.249 e. The molecule has 0 spiro atoms. The molecular formula is C30H34ClN5O3. The second-order valence-electron chi connectivity index (χ2n) is 10.0. The molecule has 8 nitrogen and oxygen atoms in total. The molecule has 2 aromatic heterocycles. The van der Waals surface area contributed by atoms with E-state index >= 15 is 0 Å². The van der Waals surface area contributed by atoms with Gasteiger partial charge in [-0.15, -0.1) is 0 Å². The summed E-state index contributed by atoms with van der Waals surface area (Å²) >= 11 is 6.82. The Bertz CT molecular complexity index is 1490. The summed E-state index contributed by atoms with van der Waals surface area (Å²) in [6.45, 7) is 7.64. The van der Waals surface area contributed by atoms with Crippen molar-refractivity contribution in [2.45, 2.75) is 52.2 Å². The summed E-state index contributed by atoms with van der Waals surface area (Å²) in [5.41, 5.74) is 17.2. The van der Waals surface area contributed by atoms with E-state index in [4.69, 9.17) is 32.8 Å². The van der Waals surface area contributed by atoms with Gasteiger partial charge in [0.15, 0.2) is 0 Å². The number of nitrogens with two attached hydrogens (primary N) is 2. The van der Waals surface area contributed by atoms with Crippen molar-refractivity contribution < 1.29 is 14.3 Å². The van der Waals surface area contributed by atoms with Gasteiger partial charge in [0.2, 0.25) is 11.8 Å². The zero-order valence-electron chi connectivity index (χ0n) is 22.6. The first kappa shape index (κ1) is 28.1. The molecule has 0 aliphatic carbocycles.